The number of methoxy groups -OCH3 is 1. The lowest BCUT2D eigenvalue weighted by molar-refractivity contribution is 0.415. The number of hydrogen-bond donors (Lipinski definition) is 0. The van der Waals surface area contributed by atoms with E-state index in [1.165, 1.54) is 11.1 Å². The van der Waals surface area contributed by atoms with Crippen LogP contribution in [0.25, 0.3) is 22.4 Å². The molecule has 0 atom stereocenters. The Kier molecular flexibility index (Phi) is 3.29. The molecule has 0 amide bonds. The molecular weight excluding hydrogens is 254 g/mol. The number of ether oxygens (including phenoxy) is 1. The van der Waals surface area contributed by atoms with Gasteiger partial charge in [-0.3, -0.25) is 0 Å². The Morgan fingerprint density at radius 3 is 1.95 bits per heavy atom. The molecule has 3 rings (SSSR count). The van der Waals surface area contributed by atoms with Crippen molar-refractivity contribution < 1.29 is 4.74 Å². The van der Waals surface area contributed by atoms with Crippen LogP contribution in [0, 0.1) is 0 Å². The molecule has 1 aromatic heterocycles. The van der Waals surface area contributed by atoms with Gasteiger partial charge in [-0.25, -0.2) is 4.98 Å². The van der Waals surface area contributed by atoms with Crippen molar-refractivity contribution >= 4 is 11.3 Å². The first-order chi connectivity index (χ1) is 9.36. The van der Waals surface area contributed by atoms with Crippen molar-refractivity contribution in [3.63, 3.8) is 0 Å². The molecule has 0 aliphatic rings. The zero-order valence-corrected chi connectivity index (χ0v) is 11.4. The van der Waals surface area contributed by atoms with Crippen molar-refractivity contribution in [3.05, 3.63) is 59.4 Å². The van der Waals surface area contributed by atoms with Crippen molar-refractivity contribution in [2.75, 3.05) is 7.11 Å². The summed E-state index contributed by atoms with van der Waals surface area (Å²) in [5.41, 5.74) is 6.42. The minimum atomic E-state index is 0.878. The molecule has 2 nitrogen and oxygen atoms in total. The molecule has 0 saturated heterocycles. The van der Waals surface area contributed by atoms with E-state index in [4.69, 9.17) is 4.74 Å². The average Bonchev–Trinajstić information content (AvgIpc) is 3.02. The van der Waals surface area contributed by atoms with Gasteiger partial charge in [0.25, 0.3) is 0 Å². The van der Waals surface area contributed by atoms with Crippen LogP contribution in [0.4, 0.5) is 0 Å². The van der Waals surface area contributed by atoms with Gasteiger partial charge in [0.1, 0.15) is 5.75 Å². The predicted molar refractivity (Wildman–Crippen MR) is 79.5 cm³/mol. The summed E-state index contributed by atoms with van der Waals surface area (Å²) in [6, 6.07) is 16.5. The van der Waals surface area contributed by atoms with Crippen molar-refractivity contribution in [2.45, 2.75) is 0 Å². The van der Waals surface area contributed by atoms with E-state index in [9.17, 15) is 0 Å². The topological polar surface area (TPSA) is 22.1 Å². The molecule has 0 aliphatic carbocycles. The number of aromatic nitrogens is 1. The minimum absolute atomic E-state index is 0.878. The lowest BCUT2D eigenvalue weighted by atomic mass is 10.0. The highest BCUT2D eigenvalue weighted by Gasteiger charge is 2.01. The molecule has 0 bridgehead atoms. The largest absolute Gasteiger partial charge is 0.497 e. The van der Waals surface area contributed by atoms with E-state index < -0.39 is 0 Å². The first kappa shape index (κ1) is 11.9. The quantitative estimate of drug-likeness (QED) is 0.697. The van der Waals surface area contributed by atoms with Crippen LogP contribution in [0.3, 0.4) is 0 Å². The van der Waals surface area contributed by atoms with Crippen LogP contribution in [0.5, 0.6) is 5.75 Å². The standard InChI is InChI=1S/C16H13NOS/c1-18-15-8-6-13(7-9-15)12-2-4-14(5-3-12)16-10-19-11-17-16/h2-11H,1H3. The Morgan fingerprint density at radius 2 is 1.42 bits per heavy atom. The number of benzene rings is 2. The van der Waals surface area contributed by atoms with Crippen LogP contribution in [0.15, 0.2) is 59.4 Å². The van der Waals surface area contributed by atoms with Gasteiger partial charge in [0, 0.05) is 10.9 Å². The summed E-state index contributed by atoms with van der Waals surface area (Å²) >= 11 is 1.61. The molecule has 2 aromatic carbocycles. The predicted octanol–water partition coefficient (Wildman–Crippen LogP) is 4.49. The van der Waals surface area contributed by atoms with Crippen molar-refractivity contribution in [1.29, 1.82) is 0 Å². The van der Waals surface area contributed by atoms with E-state index in [2.05, 4.69) is 46.8 Å². The van der Waals surface area contributed by atoms with Crippen LogP contribution in [-0.4, -0.2) is 12.1 Å². The zero-order valence-electron chi connectivity index (χ0n) is 10.5. The highest BCUT2D eigenvalue weighted by Crippen LogP contribution is 2.26. The lowest BCUT2D eigenvalue weighted by Gasteiger charge is -2.04. The van der Waals surface area contributed by atoms with Crippen molar-refractivity contribution in [1.82, 2.24) is 4.98 Å². The fourth-order valence-corrected chi connectivity index (χ4v) is 2.53. The van der Waals surface area contributed by atoms with E-state index in [-0.39, 0.29) is 0 Å². The molecule has 94 valence electrons. The molecule has 0 radical (unpaired) electrons. The second-order valence-corrected chi connectivity index (χ2v) is 4.90. The second kappa shape index (κ2) is 5.24. The summed E-state index contributed by atoms with van der Waals surface area (Å²) in [6.45, 7) is 0. The van der Waals surface area contributed by atoms with Crippen LogP contribution in [0.1, 0.15) is 0 Å². The Balaban J connectivity index is 1.89. The van der Waals surface area contributed by atoms with Gasteiger partial charge in [-0.2, -0.15) is 0 Å². The molecule has 0 aliphatic heterocycles. The van der Waals surface area contributed by atoms with E-state index in [0.717, 1.165) is 17.0 Å². The first-order valence-electron chi connectivity index (χ1n) is 6.00. The van der Waals surface area contributed by atoms with Gasteiger partial charge in [0.15, 0.2) is 0 Å². The SMILES string of the molecule is COc1ccc(-c2ccc(-c3cscn3)cc2)cc1. The Bertz CT molecular complexity index is 642. The van der Waals surface area contributed by atoms with Crippen LogP contribution in [0.2, 0.25) is 0 Å². The number of nitrogens with zero attached hydrogens (tertiary/aromatic N) is 1. The Labute approximate surface area is 116 Å². The Morgan fingerprint density at radius 1 is 0.842 bits per heavy atom. The molecule has 0 fully saturated rings. The monoisotopic (exact) mass is 267 g/mol. The number of hydrogen-bond acceptors (Lipinski definition) is 3. The number of thiazole rings is 1. The van der Waals surface area contributed by atoms with Crippen molar-refractivity contribution in [3.8, 4) is 28.1 Å². The summed E-state index contributed by atoms with van der Waals surface area (Å²) < 4.78 is 5.17. The zero-order chi connectivity index (χ0) is 13.1. The van der Waals surface area contributed by atoms with Gasteiger partial charge in [0.05, 0.1) is 18.3 Å². The summed E-state index contributed by atoms with van der Waals surface area (Å²) in [4.78, 5) is 4.31. The number of rotatable bonds is 3. The summed E-state index contributed by atoms with van der Waals surface area (Å²) in [6.07, 6.45) is 0. The maximum absolute atomic E-state index is 5.17. The molecule has 0 saturated carbocycles. The molecule has 3 aromatic rings. The molecule has 3 heteroatoms. The highest BCUT2D eigenvalue weighted by molar-refractivity contribution is 7.07. The summed E-state index contributed by atoms with van der Waals surface area (Å²) in [5.74, 6) is 0.878. The van der Waals surface area contributed by atoms with Gasteiger partial charge in [-0.05, 0) is 23.3 Å². The Hall–Kier alpha value is -2.13. The van der Waals surface area contributed by atoms with Crippen molar-refractivity contribution in [2.24, 2.45) is 0 Å². The third kappa shape index (κ3) is 2.51. The fourth-order valence-electron chi connectivity index (χ4n) is 1.97. The third-order valence-electron chi connectivity index (χ3n) is 3.04. The van der Waals surface area contributed by atoms with Crippen LogP contribution >= 0.6 is 11.3 Å². The molecular formula is C16H13NOS. The average molecular weight is 267 g/mol. The maximum Gasteiger partial charge on any atom is 0.118 e. The maximum atomic E-state index is 5.17. The molecule has 0 unspecified atom stereocenters. The van der Waals surface area contributed by atoms with Gasteiger partial charge in [-0.15, -0.1) is 11.3 Å². The van der Waals surface area contributed by atoms with E-state index in [1.807, 2.05) is 17.6 Å². The molecule has 0 spiro atoms. The first-order valence-corrected chi connectivity index (χ1v) is 6.94. The van der Waals surface area contributed by atoms with Gasteiger partial charge >= 0.3 is 0 Å². The van der Waals surface area contributed by atoms with E-state index in [1.54, 1.807) is 18.4 Å². The van der Waals surface area contributed by atoms with Crippen LogP contribution in [-0.2, 0) is 0 Å². The normalized spacial score (nSPS) is 10.4. The highest BCUT2D eigenvalue weighted by atomic mass is 32.1. The summed E-state index contributed by atoms with van der Waals surface area (Å²) in [7, 11) is 1.68. The molecule has 19 heavy (non-hydrogen) atoms. The molecule has 1 heterocycles. The van der Waals surface area contributed by atoms with E-state index >= 15 is 0 Å². The van der Waals surface area contributed by atoms with Gasteiger partial charge < -0.3 is 4.74 Å². The second-order valence-electron chi connectivity index (χ2n) is 4.18. The van der Waals surface area contributed by atoms with Gasteiger partial charge in [0.2, 0.25) is 0 Å². The van der Waals surface area contributed by atoms with E-state index in [0.29, 0.717) is 0 Å². The van der Waals surface area contributed by atoms with Gasteiger partial charge in [-0.1, -0.05) is 36.4 Å². The van der Waals surface area contributed by atoms with Crippen LogP contribution < -0.4 is 4.74 Å². The summed E-state index contributed by atoms with van der Waals surface area (Å²) in [5, 5.41) is 2.06. The molecule has 0 N–H and O–H groups in total. The minimum Gasteiger partial charge on any atom is -0.497 e. The third-order valence-corrected chi connectivity index (χ3v) is 3.62. The fraction of sp³-hybridized carbons (Fsp3) is 0.0625. The lowest BCUT2D eigenvalue weighted by Crippen LogP contribution is -1.83. The smallest absolute Gasteiger partial charge is 0.118 e.